The van der Waals surface area contributed by atoms with E-state index in [4.69, 9.17) is 32.8 Å². The van der Waals surface area contributed by atoms with Crippen molar-refractivity contribution < 1.29 is 49.9 Å². The molecule has 1 aliphatic carbocycles. The van der Waals surface area contributed by atoms with Crippen molar-refractivity contribution in [3.8, 4) is 0 Å². The first-order valence-electron chi connectivity index (χ1n) is 12.2. The third kappa shape index (κ3) is 6.54. The van der Waals surface area contributed by atoms with E-state index in [2.05, 4.69) is 10.6 Å². The summed E-state index contributed by atoms with van der Waals surface area (Å²) in [5.74, 6) is -1.90. The number of hydrogen-bond acceptors (Lipinski definition) is 5. The van der Waals surface area contributed by atoms with Crippen LogP contribution >= 0.6 is 23.2 Å². The van der Waals surface area contributed by atoms with Crippen LogP contribution in [0.3, 0.4) is 0 Å². The maximum Gasteiger partial charge on any atom is 0.435 e. The fourth-order valence-electron chi connectivity index (χ4n) is 4.05. The van der Waals surface area contributed by atoms with Gasteiger partial charge in [0.25, 0.3) is 5.60 Å². The molecule has 0 radical (unpaired) electrons. The Bertz CT molecular complexity index is 1440. The number of rotatable bonds is 4. The number of carbonyl (C=O) groups excluding carboxylic acids is 2. The summed E-state index contributed by atoms with van der Waals surface area (Å²) in [5, 5.41) is 3.34. The van der Waals surface area contributed by atoms with E-state index in [1.54, 1.807) is 0 Å². The lowest BCUT2D eigenvalue weighted by Gasteiger charge is -2.30. The van der Waals surface area contributed by atoms with Gasteiger partial charge in [-0.25, -0.2) is 9.18 Å². The number of nitrogens with zero attached hydrogens (tertiary/aromatic N) is 2. The summed E-state index contributed by atoms with van der Waals surface area (Å²) in [5.41, 5.74) is -5.26. The number of halogens is 9. The highest BCUT2D eigenvalue weighted by Gasteiger charge is 2.62. The molecule has 4 rings (SSSR count). The van der Waals surface area contributed by atoms with Crippen LogP contribution < -0.4 is 10.4 Å². The first-order chi connectivity index (χ1) is 19.2. The van der Waals surface area contributed by atoms with Gasteiger partial charge in [0.2, 0.25) is 5.91 Å². The van der Waals surface area contributed by atoms with Crippen molar-refractivity contribution >= 4 is 46.6 Å². The highest BCUT2D eigenvalue weighted by molar-refractivity contribution is 6.34. The van der Waals surface area contributed by atoms with Crippen molar-refractivity contribution in [2.45, 2.75) is 63.3 Å². The minimum absolute atomic E-state index is 0.0744. The lowest BCUT2D eigenvalue weighted by Crippen LogP contribution is -2.49. The molecule has 2 amide bonds. The molecule has 0 saturated heterocycles. The van der Waals surface area contributed by atoms with Crippen molar-refractivity contribution in [2.75, 3.05) is 5.01 Å². The normalized spacial score (nSPS) is 22.2. The molecule has 2 aliphatic rings. The Kier molecular flexibility index (Phi) is 8.13. The number of nitrogens with one attached hydrogen (secondary N) is 1. The van der Waals surface area contributed by atoms with Gasteiger partial charge in [0, 0.05) is 22.6 Å². The van der Waals surface area contributed by atoms with Gasteiger partial charge in [-0.05, 0) is 57.5 Å². The average Bonchev–Trinajstić information content (AvgIpc) is 3.39. The summed E-state index contributed by atoms with van der Waals surface area (Å²) >= 11 is 12.0. The molecule has 3 atom stereocenters. The minimum Gasteiger partial charge on any atom is -0.442 e. The van der Waals surface area contributed by atoms with E-state index in [1.807, 2.05) is 0 Å². The second-order valence-corrected chi connectivity index (χ2v) is 11.5. The fraction of sp³-hybridized carbons (Fsp3) is 0.423. The molecule has 0 spiro atoms. The van der Waals surface area contributed by atoms with Crippen LogP contribution in [-0.2, 0) is 26.1 Å². The van der Waals surface area contributed by atoms with Gasteiger partial charge in [-0.15, -0.1) is 0 Å². The van der Waals surface area contributed by atoms with Crippen molar-refractivity contribution in [3.05, 3.63) is 63.1 Å². The summed E-state index contributed by atoms with van der Waals surface area (Å²) in [6.07, 6.45) is -14.0. The van der Waals surface area contributed by atoms with Gasteiger partial charge in [0.15, 0.2) is 0 Å². The summed E-state index contributed by atoms with van der Waals surface area (Å²) in [4.78, 5) is 30.3. The Morgan fingerprint density at radius 1 is 1.07 bits per heavy atom. The largest absolute Gasteiger partial charge is 0.442 e. The second-order valence-electron chi connectivity index (χ2n) is 10.7. The Labute approximate surface area is 244 Å². The number of alkyl halides is 7. The zero-order valence-electron chi connectivity index (χ0n) is 22.0. The minimum atomic E-state index is -5.26. The molecule has 3 unspecified atom stereocenters. The van der Waals surface area contributed by atoms with E-state index in [0.717, 1.165) is 6.07 Å². The summed E-state index contributed by atoms with van der Waals surface area (Å²) in [7, 11) is 0. The Hall–Kier alpha value is -3.26. The number of carbonyl (C=O) groups is 2. The molecule has 1 saturated carbocycles. The van der Waals surface area contributed by atoms with E-state index in [9.17, 15) is 40.3 Å². The average molecular weight is 644 g/mol. The molecule has 0 bridgehead atoms. The molecule has 2 aromatic rings. The third-order valence-electron chi connectivity index (χ3n) is 6.25. The highest BCUT2D eigenvalue weighted by Crippen LogP contribution is 2.50. The molecule has 228 valence electrons. The topological polar surface area (TPSA) is 80.2 Å². The maximum absolute atomic E-state index is 14.5. The summed E-state index contributed by atoms with van der Waals surface area (Å²) < 4.78 is 102. The molecule has 2 aromatic carbocycles. The second kappa shape index (κ2) is 10.8. The zero-order chi connectivity index (χ0) is 31.4. The Morgan fingerprint density at radius 3 is 2.26 bits per heavy atom. The first-order valence-corrected chi connectivity index (χ1v) is 12.9. The van der Waals surface area contributed by atoms with Crippen molar-refractivity contribution in [1.29, 1.82) is 0 Å². The van der Waals surface area contributed by atoms with Gasteiger partial charge in [-0.2, -0.15) is 31.4 Å². The molecule has 16 heteroatoms. The molecular formula is C26H22Cl2F7N3O4. The van der Waals surface area contributed by atoms with Gasteiger partial charge in [-0.1, -0.05) is 34.4 Å². The van der Waals surface area contributed by atoms with Crippen LogP contribution in [0, 0.1) is 5.92 Å². The number of ether oxygens (including phenoxy) is 1. The molecule has 1 fully saturated rings. The lowest BCUT2D eigenvalue weighted by molar-refractivity contribution is -0.276. The molecule has 1 N–H and O–H groups in total. The molecule has 7 nitrogen and oxygen atoms in total. The Balaban J connectivity index is 1.73. The number of hydrogen-bond donors (Lipinski definition) is 1. The van der Waals surface area contributed by atoms with Crippen LogP contribution in [-0.4, -0.2) is 35.7 Å². The standard InChI is InChI=1S/C26H22Cl2F7N3O4/c1-23(2,3)41-22(40)38(36-21(39)16-10-18(16)29)20-6-12(4-5-17(20)28)19-11-24(42-37-19,26(33,34)35)13-7-14(25(30,31)32)9-15(27)8-13/h4-9,16,18H,10-11H2,1-3H3,(H,36,39). The van der Waals surface area contributed by atoms with Gasteiger partial charge in [-0.3, -0.25) is 10.2 Å². The summed E-state index contributed by atoms with van der Waals surface area (Å²) in [6, 6.07) is 4.96. The van der Waals surface area contributed by atoms with Crippen LogP contribution in [0.2, 0.25) is 10.0 Å². The predicted octanol–water partition coefficient (Wildman–Crippen LogP) is 7.73. The van der Waals surface area contributed by atoms with Gasteiger partial charge < -0.3 is 9.57 Å². The third-order valence-corrected chi connectivity index (χ3v) is 6.78. The van der Waals surface area contributed by atoms with Gasteiger partial charge in [0.1, 0.15) is 11.8 Å². The molecule has 0 aromatic heterocycles. The van der Waals surface area contributed by atoms with Crippen LogP contribution in [0.1, 0.15) is 50.3 Å². The smallest absolute Gasteiger partial charge is 0.435 e. The van der Waals surface area contributed by atoms with Crippen LogP contribution in [0.25, 0.3) is 0 Å². The molecular weight excluding hydrogens is 622 g/mol. The van der Waals surface area contributed by atoms with Gasteiger partial charge in [0.05, 0.1) is 27.9 Å². The van der Waals surface area contributed by atoms with Crippen molar-refractivity contribution in [2.24, 2.45) is 11.1 Å². The highest BCUT2D eigenvalue weighted by atomic mass is 35.5. The number of anilines is 1. The van der Waals surface area contributed by atoms with Crippen molar-refractivity contribution in [1.82, 2.24) is 5.43 Å². The predicted molar refractivity (Wildman–Crippen MR) is 138 cm³/mol. The number of oxime groups is 1. The van der Waals surface area contributed by atoms with Crippen molar-refractivity contribution in [3.63, 3.8) is 0 Å². The SMILES string of the molecule is CC(C)(C)OC(=O)N(NC(=O)C1CC1F)c1cc(C2=NOC(c3cc(Cl)cc(C(F)(F)F)c3)(C(F)(F)F)C2)ccc1Cl. The lowest BCUT2D eigenvalue weighted by atomic mass is 9.85. The summed E-state index contributed by atoms with van der Waals surface area (Å²) in [6.45, 7) is 4.59. The van der Waals surface area contributed by atoms with Crippen LogP contribution in [0.5, 0.6) is 0 Å². The van der Waals surface area contributed by atoms with Crippen LogP contribution in [0.15, 0.2) is 41.6 Å². The molecule has 42 heavy (non-hydrogen) atoms. The van der Waals surface area contributed by atoms with E-state index in [0.29, 0.717) is 17.1 Å². The van der Waals surface area contributed by atoms with E-state index in [1.165, 1.54) is 32.9 Å². The van der Waals surface area contributed by atoms with E-state index >= 15 is 0 Å². The zero-order valence-corrected chi connectivity index (χ0v) is 23.5. The van der Waals surface area contributed by atoms with Gasteiger partial charge >= 0.3 is 18.4 Å². The van der Waals surface area contributed by atoms with E-state index < -0.39 is 70.2 Å². The number of hydrazine groups is 1. The number of amides is 2. The first kappa shape index (κ1) is 31.7. The fourth-order valence-corrected chi connectivity index (χ4v) is 4.49. The van der Waals surface area contributed by atoms with Crippen LogP contribution in [0.4, 0.5) is 41.2 Å². The number of benzene rings is 2. The maximum atomic E-state index is 14.5. The quantitative estimate of drug-likeness (QED) is 0.273. The Morgan fingerprint density at radius 2 is 1.71 bits per heavy atom. The molecule has 1 aliphatic heterocycles. The molecule has 1 heterocycles. The monoisotopic (exact) mass is 643 g/mol. The van der Waals surface area contributed by atoms with E-state index in [-0.39, 0.29) is 34.5 Å².